The van der Waals surface area contributed by atoms with Crippen molar-refractivity contribution in [3.63, 3.8) is 0 Å². The first kappa shape index (κ1) is 23.2. The van der Waals surface area contributed by atoms with Crippen LogP contribution in [0.5, 0.6) is 5.75 Å². The predicted octanol–water partition coefficient (Wildman–Crippen LogP) is 4.52. The summed E-state index contributed by atoms with van der Waals surface area (Å²) in [6.45, 7) is 3.08. The van der Waals surface area contributed by atoms with E-state index in [1.807, 2.05) is 59.3 Å². The van der Waals surface area contributed by atoms with Crippen LogP contribution in [-0.4, -0.2) is 47.8 Å². The number of amides is 1. The van der Waals surface area contributed by atoms with Gasteiger partial charge in [-0.3, -0.25) is 5.32 Å². The zero-order chi connectivity index (χ0) is 23.1. The Morgan fingerprint density at radius 1 is 1.24 bits per heavy atom. The van der Waals surface area contributed by atoms with E-state index in [-0.39, 0.29) is 6.10 Å². The molecular formula is C24H27N3O5S. The molecule has 0 unspecified atom stereocenters. The lowest BCUT2D eigenvalue weighted by Crippen LogP contribution is -2.33. The van der Waals surface area contributed by atoms with Crippen LogP contribution in [0.25, 0.3) is 0 Å². The van der Waals surface area contributed by atoms with Crippen molar-refractivity contribution in [3.8, 4) is 5.75 Å². The average Bonchev–Trinajstić information content (AvgIpc) is 3.50. The van der Waals surface area contributed by atoms with E-state index < -0.39 is 11.9 Å². The van der Waals surface area contributed by atoms with Gasteiger partial charge in [0.1, 0.15) is 5.75 Å². The average molecular weight is 470 g/mol. The summed E-state index contributed by atoms with van der Waals surface area (Å²) in [5.74, 6) is 0.612. The molecule has 1 aliphatic heterocycles. The second-order valence-electron chi connectivity index (χ2n) is 7.45. The van der Waals surface area contributed by atoms with Crippen molar-refractivity contribution in [2.75, 3.05) is 31.4 Å². The minimum absolute atomic E-state index is 0.0852. The van der Waals surface area contributed by atoms with Crippen LogP contribution >= 0.6 is 11.8 Å². The zero-order valence-electron chi connectivity index (χ0n) is 18.6. The molecule has 2 atom stereocenters. The summed E-state index contributed by atoms with van der Waals surface area (Å²) in [6.07, 6.45) is 4.85. The fourth-order valence-corrected chi connectivity index (χ4v) is 4.42. The molecule has 8 nitrogen and oxygen atoms in total. The Hall–Kier alpha value is -3.01. The summed E-state index contributed by atoms with van der Waals surface area (Å²) in [4.78, 5) is 16.8. The van der Waals surface area contributed by atoms with E-state index >= 15 is 0 Å². The highest BCUT2D eigenvalue weighted by Gasteiger charge is 2.43. The molecule has 0 bridgehead atoms. The van der Waals surface area contributed by atoms with E-state index in [0.717, 1.165) is 22.0 Å². The molecule has 1 amide bonds. The molecule has 2 aromatic carbocycles. The number of nitrogens with zero attached hydrogens (tertiary/aromatic N) is 2. The van der Waals surface area contributed by atoms with E-state index in [9.17, 15) is 4.79 Å². The Morgan fingerprint density at radius 3 is 2.70 bits per heavy atom. The number of ether oxygens (including phenoxy) is 4. The molecule has 1 aliphatic rings. The van der Waals surface area contributed by atoms with E-state index in [1.165, 1.54) is 0 Å². The summed E-state index contributed by atoms with van der Waals surface area (Å²) < 4.78 is 24.9. The topological polar surface area (TPSA) is 83.8 Å². The number of hydrogen-bond acceptors (Lipinski definition) is 7. The number of benzene rings is 2. The molecule has 4 rings (SSSR count). The molecule has 174 valence electrons. The van der Waals surface area contributed by atoms with Crippen molar-refractivity contribution in [1.29, 1.82) is 0 Å². The maximum absolute atomic E-state index is 11.5. The minimum Gasteiger partial charge on any atom is -0.497 e. The van der Waals surface area contributed by atoms with Crippen LogP contribution in [-0.2, 0) is 26.5 Å². The lowest BCUT2D eigenvalue weighted by molar-refractivity contribution is -0.184. The number of aromatic nitrogens is 2. The monoisotopic (exact) mass is 469 g/mol. The lowest BCUT2D eigenvalue weighted by atomic mass is 10.1. The molecule has 9 heteroatoms. The van der Waals surface area contributed by atoms with Gasteiger partial charge >= 0.3 is 6.09 Å². The van der Waals surface area contributed by atoms with Crippen LogP contribution < -0.4 is 10.1 Å². The molecular weight excluding hydrogens is 442 g/mol. The van der Waals surface area contributed by atoms with Crippen molar-refractivity contribution in [2.45, 2.75) is 30.3 Å². The van der Waals surface area contributed by atoms with Crippen molar-refractivity contribution >= 4 is 23.5 Å². The molecule has 1 saturated heterocycles. The molecule has 33 heavy (non-hydrogen) atoms. The highest BCUT2D eigenvalue weighted by Crippen LogP contribution is 2.38. The molecule has 1 N–H and O–H groups in total. The van der Waals surface area contributed by atoms with Gasteiger partial charge in [0.15, 0.2) is 0 Å². The van der Waals surface area contributed by atoms with Crippen molar-refractivity contribution in [2.24, 2.45) is 0 Å². The van der Waals surface area contributed by atoms with Gasteiger partial charge < -0.3 is 23.5 Å². The van der Waals surface area contributed by atoms with Crippen molar-refractivity contribution in [1.82, 2.24) is 9.55 Å². The molecule has 0 aliphatic carbocycles. The fraction of sp³-hybridized carbons (Fsp3) is 0.333. The van der Waals surface area contributed by atoms with Crippen LogP contribution in [0.2, 0.25) is 0 Å². The van der Waals surface area contributed by atoms with Crippen LogP contribution in [0.3, 0.4) is 0 Å². The predicted molar refractivity (Wildman–Crippen MR) is 126 cm³/mol. The summed E-state index contributed by atoms with van der Waals surface area (Å²) in [5.41, 5.74) is 1.62. The number of hydrogen-bond donors (Lipinski definition) is 1. The largest absolute Gasteiger partial charge is 0.497 e. The number of imidazole rings is 1. The number of methoxy groups -OCH3 is 1. The lowest BCUT2D eigenvalue weighted by Gasteiger charge is -2.29. The van der Waals surface area contributed by atoms with Gasteiger partial charge in [0, 0.05) is 34.3 Å². The third kappa shape index (κ3) is 5.87. The Balaban J connectivity index is 1.40. The summed E-state index contributed by atoms with van der Waals surface area (Å²) in [5, 5.41) is 2.69. The SMILES string of the molecule is CCOC(=O)Nc1ccc(SC[C@@H]2CO[C@@](Cn3ccnc3)(c3ccc(OC)cc3)O2)cc1. The Labute approximate surface area is 197 Å². The first-order valence-corrected chi connectivity index (χ1v) is 11.7. The highest BCUT2D eigenvalue weighted by atomic mass is 32.2. The second-order valence-corrected chi connectivity index (χ2v) is 8.54. The van der Waals surface area contributed by atoms with Gasteiger partial charge in [-0.15, -0.1) is 11.8 Å². The van der Waals surface area contributed by atoms with Gasteiger partial charge in [0.25, 0.3) is 0 Å². The van der Waals surface area contributed by atoms with Crippen molar-refractivity contribution < 1.29 is 23.7 Å². The summed E-state index contributed by atoms with van der Waals surface area (Å²) >= 11 is 1.68. The number of rotatable bonds is 9. The molecule has 1 fully saturated rings. The van der Waals surface area contributed by atoms with Gasteiger partial charge in [-0.2, -0.15) is 0 Å². The number of thioether (sulfide) groups is 1. The third-order valence-corrected chi connectivity index (χ3v) is 6.30. The van der Waals surface area contributed by atoms with Gasteiger partial charge in [-0.1, -0.05) is 0 Å². The second kappa shape index (κ2) is 10.7. The van der Waals surface area contributed by atoms with Crippen LogP contribution in [0.4, 0.5) is 10.5 Å². The summed E-state index contributed by atoms with van der Waals surface area (Å²) in [7, 11) is 1.64. The summed E-state index contributed by atoms with van der Waals surface area (Å²) in [6, 6.07) is 15.4. The maximum Gasteiger partial charge on any atom is 0.411 e. The minimum atomic E-state index is -0.897. The zero-order valence-corrected chi connectivity index (χ0v) is 19.4. The van der Waals surface area contributed by atoms with E-state index in [4.69, 9.17) is 18.9 Å². The van der Waals surface area contributed by atoms with Gasteiger partial charge in [-0.25, -0.2) is 9.78 Å². The first-order valence-electron chi connectivity index (χ1n) is 10.7. The van der Waals surface area contributed by atoms with Gasteiger partial charge in [-0.05, 0) is 55.5 Å². The molecule has 0 saturated carbocycles. The fourth-order valence-electron chi connectivity index (χ4n) is 3.55. The number of anilines is 1. The Kier molecular flexibility index (Phi) is 7.54. The quantitative estimate of drug-likeness (QED) is 0.461. The Morgan fingerprint density at radius 2 is 2.03 bits per heavy atom. The maximum atomic E-state index is 11.5. The number of carbonyl (C=O) groups is 1. The first-order chi connectivity index (χ1) is 16.1. The Bertz CT molecular complexity index is 1030. The van der Waals surface area contributed by atoms with Crippen LogP contribution in [0, 0.1) is 0 Å². The van der Waals surface area contributed by atoms with Crippen LogP contribution in [0.15, 0.2) is 72.1 Å². The van der Waals surface area contributed by atoms with E-state index in [0.29, 0.717) is 25.4 Å². The standard InChI is InChI=1S/C24H27N3O5S/c1-3-30-23(28)26-19-6-10-22(11-7-19)33-15-21-14-31-24(32-21,16-27-13-12-25-17-27)18-4-8-20(29-2)9-5-18/h4-13,17,21H,3,14-16H2,1-2H3,(H,26,28)/t21-,24+/m0/s1. The molecule has 0 radical (unpaired) electrons. The van der Waals surface area contributed by atoms with E-state index in [1.54, 1.807) is 38.3 Å². The number of nitrogens with one attached hydrogen (secondary N) is 1. The smallest absolute Gasteiger partial charge is 0.411 e. The van der Waals surface area contributed by atoms with E-state index in [2.05, 4.69) is 10.3 Å². The highest BCUT2D eigenvalue weighted by molar-refractivity contribution is 7.99. The van der Waals surface area contributed by atoms with Gasteiger partial charge in [0.05, 0.1) is 39.3 Å². The van der Waals surface area contributed by atoms with Crippen molar-refractivity contribution in [3.05, 3.63) is 72.8 Å². The molecule has 1 aromatic heterocycles. The molecule has 2 heterocycles. The number of carbonyl (C=O) groups excluding carboxylic acids is 1. The molecule has 0 spiro atoms. The van der Waals surface area contributed by atoms with Gasteiger partial charge in [0.2, 0.25) is 5.79 Å². The normalized spacial score (nSPS) is 19.9. The molecule has 3 aromatic rings. The third-order valence-electron chi connectivity index (χ3n) is 5.15. The van der Waals surface area contributed by atoms with Crippen LogP contribution in [0.1, 0.15) is 12.5 Å².